The van der Waals surface area contributed by atoms with Crippen molar-refractivity contribution in [1.29, 1.82) is 0 Å². The summed E-state index contributed by atoms with van der Waals surface area (Å²) in [7, 11) is 4.09. The Balaban J connectivity index is 2.92. The molecule has 0 aliphatic carbocycles. The molecule has 0 N–H and O–H groups in total. The van der Waals surface area contributed by atoms with Crippen molar-refractivity contribution < 1.29 is 0 Å². The number of hydrogen-bond donors (Lipinski definition) is 0. The van der Waals surface area contributed by atoms with E-state index in [1.165, 1.54) is 5.82 Å². The van der Waals surface area contributed by atoms with Crippen LogP contribution < -0.4 is 4.90 Å². The van der Waals surface area contributed by atoms with Crippen molar-refractivity contribution in [3.05, 3.63) is 11.8 Å². The molecule has 0 spiro atoms. The van der Waals surface area contributed by atoms with Gasteiger partial charge in [-0.1, -0.05) is 6.92 Å². The number of anilines is 1. The molecular weight excluding hydrogens is 150 g/mol. The zero-order valence-corrected chi connectivity index (χ0v) is 8.33. The van der Waals surface area contributed by atoms with Gasteiger partial charge in [0.2, 0.25) is 0 Å². The summed E-state index contributed by atoms with van der Waals surface area (Å²) in [5, 5.41) is 4.40. The molecule has 1 heterocycles. The predicted molar refractivity (Wildman–Crippen MR) is 51.6 cm³/mol. The zero-order valence-electron chi connectivity index (χ0n) is 8.33. The zero-order chi connectivity index (χ0) is 9.14. The van der Waals surface area contributed by atoms with Gasteiger partial charge in [0, 0.05) is 26.7 Å². The van der Waals surface area contributed by atoms with Crippen LogP contribution >= 0.6 is 0 Å². The van der Waals surface area contributed by atoms with Gasteiger partial charge in [-0.05, 0) is 13.3 Å². The van der Waals surface area contributed by atoms with Crippen molar-refractivity contribution in [1.82, 2.24) is 9.78 Å². The van der Waals surface area contributed by atoms with Gasteiger partial charge >= 0.3 is 0 Å². The number of aryl methyl sites for hydroxylation is 2. The third kappa shape index (κ3) is 1.78. The highest BCUT2D eigenvalue weighted by Crippen LogP contribution is 2.13. The van der Waals surface area contributed by atoms with E-state index in [1.807, 2.05) is 21.0 Å². The summed E-state index contributed by atoms with van der Waals surface area (Å²) in [4.78, 5) is 2.09. The van der Waals surface area contributed by atoms with Crippen LogP contribution in [0.4, 0.5) is 5.82 Å². The van der Waals surface area contributed by atoms with Crippen LogP contribution in [0.3, 0.4) is 0 Å². The molecule has 3 nitrogen and oxygen atoms in total. The van der Waals surface area contributed by atoms with Crippen LogP contribution in [-0.2, 0) is 6.54 Å². The molecule has 0 saturated heterocycles. The van der Waals surface area contributed by atoms with Crippen molar-refractivity contribution in [3.8, 4) is 0 Å². The molecule has 0 saturated carbocycles. The van der Waals surface area contributed by atoms with E-state index in [-0.39, 0.29) is 0 Å². The normalized spacial score (nSPS) is 10.3. The quantitative estimate of drug-likeness (QED) is 0.682. The molecule has 1 rings (SSSR count). The highest BCUT2D eigenvalue weighted by atomic mass is 15.4. The van der Waals surface area contributed by atoms with Gasteiger partial charge in [-0.2, -0.15) is 5.10 Å². The molecule has 0 unspecified atom stereocenters. The summed E-state index contributed by atoms with van der Waals surface area (Å²) in [5.74, 6) is 1.19. The monoisotopic (exact) mass is 167 g/mol. The van der Waals surface area contributed by atoms with E-state index in [0.717, 1.165) is 18.7 Å². The van der Waals surface area contributed by atoms with E-state index in [1.54, 1.807) is 0 Å². The lowest BCUT2D eigenvalue weighted by atomic mass is 10.4. The van der Waals surface area contributed by atoms with Crippen LogP contribution in [0.5, 0.6) is 0 Å². The average Bonchev–Trinajstić information content (AvgIpc) is 2.32. The Morgan fingerprint density at radius 2 is 2.17 bits per heavy atom. The fourth-order valence-electron chi connectivity index (χ4n) is 1.27. The topological polar surface area (TPSA) is 21.1 Å². The summed E-state index contributed by atoms with van der Waals surface area (Å²) >= 11 is 0. The first-order chi connectivity index (χ1) is 5.65. The standard InChI is InChI=1S/C9H17N3/c1-5-6-12-9(11(3)4)7-8(2)10-12/h7H,5-6H2,1-4H3. The molecule has 0 aromatic carbocycles. The molecular formula is C9H17N3. The minimum Gasteiger partial charge on any atom is -0.363 e. The Hall–Kier alpha value is -0.990. The van der Waals surface area contributed by atoms with Crippen LogP contribution in [-0.4, -0.2) is 23.9 Å². The third-order valence-electron chi connectivity index (χ3n) is 1.77. The SMILES string of the molecule is CCCn1nc(C)cc1N(C)C. The molecule has 68 valence electrons. The van der Waals surface area contributed by atoms with Crippen LogP contribution in [0.2, 0.25) is 0 Å². The molecule has 12 heavy (non-hydrogen) atoms. The Kier molecular flexibility index (Phi) is 2.74. The summed E-state index contributed by atoms with van der Waals surface area (Å²) in [6.45, 7) is 5.19. The largest absolute Gasteiger partial charge is 0.363 e. The molecule has 0 atom stereocenters. The van der Waals surface area contributed by atoms with Gasteiger partial charge in [-0.3, -0.25) is 0 Å². The van der Waals surface area contributed by atoms with Crippen molar-refractivity contribution in [3.63, 3.8) is 0 Å². The molecule has 0 bridgehead atoms. The maximum Gasteiger partial charge on any atom is 0.126 e. The van der Waals surface area contributed by atoms with Gasteiger partial charge in [0.05, 0.1) is 5.69 Å². The molecule has 0 aliphatic rings. The van der Waals surface area contributed by atoms with E-state index in [0.29, 0.717) is 0 Å². The van der Waals surface area contributed by atoms with Gasteiger partial charge in [0.15, 0.2) is 0 Å². The van der Waals surface area contributed by atoms with E-state index in [2.05, 4.69) is 27.7 Å². The molecule has 0 radical (unpaired) electrons. The number of aromatic nitrogens is 2. The van der Waals surface area contributed by atoms with Gasteiger partial charge in [-0.25, -0.2) is 4.68 Å². The Labute approximate surface area is 74.0 Å². The fraction of sp³-hybridized carbons (Fsp3) is 0.667. The molecule has 1 aromatic heterocycles. The third-order valence-corrected chi connectivity index (χ3v) is 1.77. The van der Waals surface area contributed by atoms with Crippen molar-refractivity contribution in [2.75, 3.05) is 19.0 Å². The summed E-state index contributed by atoms with van der Waals surface area (Å²) in [5.41, 5.74) is 1.09. The van der Waals surface area contributed by atoms with E-state index < -0.39 is 0 Å². The number of rotatable bonds is 3. The minimum atomic E-state index is 1.00. The maximum absolute atomic E-state index is 4.40. The Morgan fingerprint density at radius 3 is 2.67 bits per heavy atom. The second kappa shape index (κ2) is 3.61. The second-order valence-corrected chi connectivity index (χ2v) is 3.26. The van der Waals surface area contributed by atoms with E-state index in [4.69, 9.17) is 0 Å². The average molecular weight is 167 g/mol. The highest BCUT2D eigenvalue weighted by molar-refractivity contribution is 5.38. The minimum absolute atomic E-state index is 1.00. The van der Waals surface area contributed by atoms with Crippen molar-refractivity contribution in [2.45, 2.75) is 26.8 Å². The summed E-state index contributed by atoms with van der Waals surface area (Å²) in [6, 6.07) is 2.11. The van der Waals surface area contributed by atoms with Crippen LogP contribution in [0.15, 0.2) is 6.07 Å². The lowest BCUT2D eigenvalue weighted by molar-refractivity contribution is 0.596. The second-order valence-electron chi connectivity index (χ2n) is 3.26. The first kappa shape index (κ1) is 9.10. The maximum atomic E-state index is 4.40. The molecule has 1 aromatic rings. The van der Waals surface area contributed by atoms with Crippen molar-refractivity contribution >= 4 is 5.82 Å². The Morgan fingerprint density at radius 1 is 1.50 bits per heavy atom. The highest BCUT2D eigenvalue weighted by Gasteiger charge is 2.04. The molecule has 0 aliphatic heterocycles. The number of nitrogens with zero attached hydrogens (tertiary/aromatic N) is 3. The summed E-state index contributed by atoms with van der Waals surface area (Å²) < 4.78 is 2.05. The van der Waals surface area contributed by atoms with Gasteiger partial charge in [0.1, 0.15) is 5.82 Å². The van der Waals surface area contributed by atoms with E-state index >= 15 is 0 Å². The first-order valence-electron chi connectivity index (χ1n) is 4.37. The Bertz CT molecular complexity index is 250. The van der Waals surface area contributed by atoms with E-state index in [9.17, 15) is 0 Å². The fourth-order valence-corrected chi connectivity index (χ4v) is 1.27. The molecule has 0 amide bonds. The molecule has 0 fully saturated rings. The predicted octanol–water partition coefficient (Wildman–Crippen LogP) is 1.67. The van der Waals surface area contributed by atoms with Crippen LogP contribution in [0.25, 0.3) is 0 Å². The van der Waals surface area contributed by atoms with Gasteiger partial charge < -0.3 is 4.90 Å². The number of hydrogen-bond acceptors (Lipinski definition) is 2. The van der Waals surface area contributed by atoms with Crippen LogP contribution in [0, 0.1) is 6.92 Å². The van der Waals surface area contributed by atoms with Crippen LogP contribution in [0.1, 0.15) is 19.0 Å². The van der Waals surface area contributed by atoms with Gasteiger partial charge in [0.25, 0.3) is 0 Å². The van der Waals surface area contributed by atoms with Crippen molar-refractivity contribution in [2.24, 2.45) is 0 Å². The first-order valence-corrected chi connectivity index (χ1v) is 4.37. The van der Waals surface area contributed by atoms with Gasteiger partial charge in [-0.15, -0.1) is 0 Å². The lowest BCUT2D eigenvalue weighted by Gasteiger charge is -2.13. The smallest absolute Gasteiger partial charge is 0.126 e. The molecule has 3 heteroatoms. The summed E-state index contributed by atoms with van der Waals surface area (Å²) in [6.07, 6.45) is 1.13. The lowest BCUT2D eigenvalue weighted by Crippen LogP contribution is -2.14.